The van der Waals surface area contributed by atoms with Crippen molar-refractivity contribution in [3.05, 3.63) is 52.0 Å². The van der Waals surface area contributed by atoms with E-state index in [0.29, 0.717) is 5.02 Å². The van der Waals surface area contributed by atoms with E-state index in [1.54, 1.807) is 0 Å². The molecule has 0 bridgehead atoms. The van der Waals surface area contributed by atoms with Crippen LogP contribution >= 0.6 is 23.2 Å². The number of nitrogens with one attached hydrogen (secondary N) is 1. The van der Waals surface area contributed by atoms with Crippen molar-refractivity contribution in [1.82, 2.24) is 0 Å². The minimum Gasteiger partial charge on any atom is -0.493 e. The molecule has 1 amide bonds. The second kappa shape index (κ2) is 7.48. The van der Waals surface area contributed by atoms with Crippen LogP contribution in [0, 0.1) is 0 Å². The van der Waals surface area contributed by atoms with Crippen molar-refractivity contribution in [2.45, 2.75) is 6.61 Å². The summed E-state index contributed by atoms with van der Waals surface area (Å²) in [7, 11) is 1.28. The van der Waals surface area contributed by atoms with Crippen molar-refractivity contribution in [3.63, 3.8) is 0 Å². The summed E-state index contributed by atoms with van der Waals surface area (Å²) < 4.78 is 34.5. The molecule has 0 radical (unpaired) electrons. The molecular formula is C15H11Cl2F2NO3. The van der Waals surface area contributed by atoms with Crippen LogP contribution in [-0.2, 0) is 0 Å². The number of anilines is 1. The van der Waals surface area contributed by atoms with E-state index in [4.69, 9.17) is 27.9 Å². The maximum atomic E-state index is 12.6. The molecule has 8 heteroatoms. The predicted molar refractivity (Wildman–Crippen MR) is 84.0 cm³/mol. The highest BCUT2D eigenvalue weighted by molar-refractivity contribution is 6.36. The first-order valence-corrected chi connectivity index (χ1v) is 7.06. The Morgan fingerprint density at radius 2 is 1.96 bits per heavy atom. The smallest absolute Gasteiger partial charge is 0.387 e. The van der Waals surface area contributed by atoms with Crippen LogP contribution in [0.4, 0.5) is 14.5 Å². The summed E-state index contributed by atoms with van der Waals surface area (Å²) in [5, 5.41) is 3.12. The Labute approximate surface area is 140 Å². The third kappa shape index (κ3) is 4.24. The minimum absolute atomic E-state index is 0.0140. The van der Waals surface area contributed by atoms with Crippen LogP contribution in [0.3, 0.4) is 0 Å². The quantitative estimate of drug-likeness (QED) is 0.827. The van der Waals surface area contributed by atoms with E-state index in [2.05, 4.69) is 10.1 Å². The lowest BCUT2D eigenvalue weighted by atomic mass is 10.1. The van der Waals surface area contributed by atoms with Gasteiger partial charge in [0.05, 0.1) is 23.4 Å². The number of ether oxygens (including phenoxy) is 2. The second-order valence-corrected chi connectivity index (χ2v) is 5.14. The van der Waals surface area contributed by atoms with Crippen molar-refractivity contribution < 1.29 is 23.0 Å². The third-order valence-electron chi connectivity index (χ3n) is 2.83. The Bertz CT molecular complexity index is 726. The van der Waals surface area contributed by atoms with Crippen LogP contribution < -0.4 is 14.8 Å². The normalized spacial score (nSPS) is 10.5. The fourth-order valence-electron chi connectivity index (χ4n) is 1.85. The zero-order valence-corrected chi connectivity index (χ0v) is 13.3. The Balaban J connectivity index is 2.35. The van der Waals surface area contributed by atoms with Crippen molar-refractivity contribution in [1.29, 1.82) is 0 Å². The Morgan fingerprint density at radius 1 is 1.22 bits per heavy atom. The van der Waals surface area contributed by atoms with E-state index in [1.807, 2.05) is 0 Å². The first-order chi connectivity index (χ1) is 10.9. The van der Waals surface area contributed by atoms with Crippen LogP contribution in [0.1, 0.15) is 10.4 Å². The maximum Gasteiger partial charge on any atom is 0.387 e. The van der Waals surface area contributed by atoms with Crippen molar-refractivity contribution >= 4 is 34.8 Å². The lowest BCUT2D eigenvalue weighted by Crippen LogP contribution is -2.16. The highest BCUT2D eigenvalue weighted by atomic mass is 35.5. The van der Waals surface area contributed by atoms with E-state index in [0.717, 1.165) is 0 Å². The zero-order valence-electron chi connectivity index (χ0n) is 11.8. The van der Waals surface area contributed by atoms with Gasteiger partial charge in [-0.3, -0.25) is 4.79 Å². The van der Waals surface area contributed by atoms with Crippen molar-refractivity contribution in [3.8, 4) is 11.5 Å². The second-order valence-electron chi connectivity index (χ2n) is 4.29. The standard InChI is InChI=1S/C15H11Cl2F2NO3/c1-22-12-4-2-3-9(13(12)23-15(18)19)14(21)20-11-6-5-8(16)7-10(11)17/h2-7,15H,1H3,(H,20,21). The molecule has 1 N–H and O–H groups in total. The fraction of sp³-hybridized carbons (Fsp3) is 0.133. The summed E-state index contributed by atoms with van der Waals surface area (Å²) in [6, 6.07) is 8.70. The van der Waals surface area contributed by atoms with Crippen LogP contribution in [0.2, 0.25) is 10.0 Å². The summed E-state index contributed by atoms with van der Waals surface area (Å²) in [6.45, 7) is -3.10. The molecule has 2 aromatic rings. The molecule has 23 heavy (non-hydrogen) atoms. The summed E-state index contributed by atoms with van der Waals surface area (Å²) in [4.78, 5) is 12.3. The molecule has 0 saturated carbocycles. The molecule has 2 rings (SSSR count). The molecule has 0 aromatic heterocycles. The number of benzene rings is 2. The number of methoxy groups -OCH3 is 1. The lowest BCUT2D eigenvalue weighted by Gasteiger charge is -2.14. The predicted octanol–water partition coefficient (Wildman–Crippen LogP) is 4.86. The number of carbonyl (C=O) groups is 1. The van der Waals surface area contributed by atoms with E-state index in [1.165, 1.54) is 43.5 Å². The van der Waals surface area contributed by atoms with Crippen LogP contribution in [0.25, 0.3) is 0 Å². The molecule has 0 heterocycles. The number of hydrogen-bond donors (Lipinski definition) is 1. The van der Waals surface area contributed by atoms with Gasteiger partial charge in [-0.1, -0.05) is 29.3 Å². The molecule has 0 aliphatic heterocycles. The number of carbonyl (C=O) groups excluding carboxylic acids is 1. The highest BCUT2D eigenvalue weighted by Gasteiger charge is 2.20. The van der Waals surface area contributed by atoms with E-state index < -0.39 is 12.5 Å². The van der Waals surface area contributed by atoms with E-state index in [9.17, 15) is 13.6 Å². The largest absolute Gasteiger partial charge is 0.493 e. The van der Waals surface area contributed by atoms with Crippen LogP contribution in [0.15, 0.2) is 36.4 Å². The molecule has 2 aromatic carbocycles. The third-order valence-corrected chi connectivity index (χ3v) is 3.38. The molecule has 0 unspecified atom stereocenters. The number of para-hydroxylation sites is 1. The maximum absolute atomic E-state index is 12.6. The molecule has 0 aliphatic carbocycles. The van der Waals surface area contributed by atoms with Gasteiger partial charge in [-0.15, -0.1) is 0 Å². The van der Waals surface area contributed by atoms with Gasteiger partial charge in [0.1, 0.15) is 0 Å². The number of rotatable bonds is 5. The van der Waals surface area contributed by atoms with Crippen molar-refractivity contribution in [2.24, 2.45) is 0 Å². The number of amides is 1. The fourth-order valence-corrected chi connectivity index (χ4v) is 2.30. The average Bonchev–Trinajstić information content (AvgIpc) is 2.49. The van der Waals surface area contributed by atoms with E-state index >= 15 is 0 Å². The van der Waals surface area contributed by atoms with Crippen LogP contribution in [-0.4, -0.2) is 19.6 Å². The number of alkyl halides is 2. The van der Waals surface area contributed by atoms with Gasteiger partial charge in [-0.2, -0.15) is 8.78 Å². The van der Waals surface area contributed by atoms with Gasteiger partial charge in [0.25, 0.3) is 5.91 Å². The molecule has 0 fully saturated rings. The molecule has 0 atom stereocenters. The van der Waals surface area contributed by atoms with Crippen LogP contribution in [0.5, 0.6) is 11.5 Å². The Morgan fingerprint density at radius 3 is 2.57 bits per heavy atom. The summed E-state index contributed by atoms with van der Waals surface area (Å²) in [5.74, 6) is -1.02. The topological polar surface area (TPSA) is 47.6 Å². The van der Waals surface area contributed by atoms with Gasteiger partial charge in [0.15, 0.2) is 11.5 Å². The number of halogens is 4. The molecule has 0 spiro atoms. The lowest BCUT2D eigenvalue weighted by molar-refractivity contribution is -0.0515. The number of hydrogen-bond acceptors (Lipinski definition) is 3. The summed E-state index contributed by atoms with van der Waals surface area (Å²) in [5.41, 5.74) is 0.169. The van der Waals surface area contributed by atoms with Gasteiger partial charge in [0, 0.05) is 5.02 Å². The summed E-state index contributed by atoms with van der Waals surface area (Å²) >= 11 is 11.7. The Hall–Kier alpha value is -2.05. The monoisotopic (exact) mass is 361 g/mol. The molecule has 4 nitrogen and oxygen atoms in total. The van der Waals surface area contributed by atoms with Crippen molar-refractivity contribution in [2.75, 3.05) is 12.4 Å². The summed E-state index contributed by atoms with van der Waals surface area (Å²) in [6.07, 6.45) is 0. The molecule has 122 valence electrons. The first-order valence-electron chi connectivity index (χ1n) is 6.30. The zero-order chi connectivity index (χ0) is 17.0. The minimum atomic E-state index is -3.10. The molecule has 0 aliphatic rings. The highest BCUT2D eigenvalue weighted by Crippen LogP contribution is 2.33. The Kier molecular flexibility index (Phi) is 5.63. The van der Waals surface area contributed by atoms with Gasteiger partial charge in [-0.25, -0.2) is 0 Å². The molecule has 0 saturated heterocycles. The van der Waals surface area contributed by atoms with Gasteiger partial charge >= 0.3 is 6.61 Å². The average molecular weight is 362 g/mol. The van der Waals surface area contributed by atoms with Gasteiger partial charge in [0.2, 0.25) is 0 Å². The van der Waals surface area contributed by atoms with E-state index in [-0.39, 0.29) is 27.8 Å². The van der Waals surface area contributed by atoms with Gasteiger partial charge in [-0.05, 0) is 30.3 Å². The van der Waals surface area contributed by atoms with Gasteiger partial charge < -0.3 is 14.8 Å². The SMILES string of the molecule is COc1cccc(C(=O)Nc2ccc(Cl)cc2Cl)c1OC(F)F. The molecular weight excluding hydrogens is 351 g/mol. The first kappa shape index (κ1) is 17.3.